The highest BCUT2D eigenvalue weighted by Gasteiger charge is 2.01. The molecule has 0 heterocycles. The number of nitrogens with zero attached hydrogens (tertiary/aromatic N) is 1. The molecule has 0 aliphatic rings. The number of oxime groups is 1. The van der Waals surface area contributed by atoms with E-state index in [2.05, 4.69) is 5.16 Å². The Morgan fingerprint density at radius 3 is 2.83 bits per heavy atom. The summed E-state index contributed by atoms with van der Waals surface area (Å²) in [5, 5.41) is 10.9. The van der Waals surface area contributed by atoms with Crippen molar-refractivity contribution >= 4 is 6.21 Å². The molecule has 1 aromatic rings. The summed E-state index contributed by atoms with van der Waals surface area (Å²) in [6, 6.07) is 4.27. The van der Waals surface area contributed by atoms with Gasteiger partial charge in [-0.2, -0.15) is 0 Å². The van der Waals surface area contributed by atoms with E-state index in [1.807, 2.05) is 0 Å². The van der Waals surface area contributed by atoms with E-state index in [-0.39, 0.29) is 5.75 Å². The SMILES string of the molecule is COc1ccc(/C=N\O)cc1F. The molecule has 0 bridgehead atoms. The van der Waals surface area contributed by atoms with E-state index in [4.69, 9.17) is 9.94 Å². The molecule has 4 heteroatoms. The van der Waals surface area contributed by atoms with Crippen LogP contribution in [0.5, 0.6) is 5.75 Å². The molecule has 3 nitrogen and oxygen atoms in total. The molecule has 0 aromatic heterocycles. The monoisotopic (exact) mass is 169 g/mol. The lowest BCUT2D eigenvalue weighted by Crippen LogP contribution is -1.89. The smallest absolute Gasteiger partial charge is 0.165 e. The Morgan fingerprint density at radius 1 is 1.58 bits per heavy atom. The summed E-state index contributed by atoms with van der Waals surface area (Å²) in [5.41, 5.74) is 0.482. The Hall–Kier alpha value is -1.58. The summed E-state index contributed by atoms with van der Waals surface area (Å²) in [6.45, 7) is 0. The summed E-state index contributed by atoms with van der Waals surface area (Å²) < 4.78 is 17.6. The molecule has 0 aliphatic carbocycles. The number of hydrogen-bond acceptors (Lipinski definition) is 3. The van der Waals surface area contributed by atoms with Crippen LogP contribution in [-0.4, -0.2) is 18.5 Å². The standard InChI is InChI=1S/C8H8FNO2/c1-12-8-3-2-6(5-10-11)4-7(8)9/h2-5,11H,1H3/b10-5-. The third-order valence-electron chi connectivity index (χ3n) is 1.38. The molecule has 0 saturated carbocycles. The largest absolute Gasteiger partial charge is 0.494 e. The summed E-state index contributed by atoms with van der Waals surface area (Å²) in [5.74, 6) is -0.306. The normalized spacial score (nSPS) is 10.5. The van der Waals surface area contributed by atoms with Gasteiger partial charge in [-0.3, -0.25) is 0 Å². The second-order valence-corrected chi connectivity index (χ2v) is 2.14. The quantitative estimate of drug-likeness (QED) is 0.415. The van der Waals surface area contributed by atoms with Crippen LogP contribution in [0.1, 0.15) is 5.56 Å². The minimum Gasteiger partial charge on any atom is -0.494 e. The van der Waals surface area contributed by atoms with Crippen molar-refractivity contribution in [3.63, 3.8) is 0 Å². The second kappa shape index (κ2) is 3.71. The minimum absolute atomic E-state index is 0.171. The molecule has 0 spiro atoms. The van der Waals surface area contributed by atoms with E-state index in [0.29, 0.717) is 5.56 Å². The van der Waals surface area contributed by atoms with E-state index in [1.165, 1.54) is 19.2 Å². The van der Waals surface area contributed by atoms with Gasteiger partial charge in [0.05, 0.1) is 13.3 Å². The molecule has 0 atom stereocenters. The third-order valence-corrected chi connectivity index (χ3v) is 1.38. The predicted molar refractivity (Wildman–Crippen MR) is 42.3 cm³/mol. The maximum Gasteiger partial charge on any atom is 0.165 e. The van der Waals surface area contributed by atoms with Crippen LogP contribution in [0.4, 0.5) is 4.39 Å². The first-order valence-corrected chi connectivity index (χ1v) is 3.29. The highest BCUT2D eigenvalue weighted by atomic mass is 19.1. The number of rotatable bonds is 2. The second-order valence-electron chi connectivity index (χ2n) is 2.14. The maximum absolute atomic E-state index is 12.9. The number of benzene rings is 1. The zero-order chi connectivity index (χ0) is 8.97. The molecule has 0 aliphatic heterocycles. The van der Waals surface area contributed by atoms with E-state index in [1.54, 1.807) is 6.07 Å². The number of halogens is 1. The summed E-state index contributed by atoms with van der Waals surface area (Å²) in [7, 11) is 1.39. The van der Waals surface area contributed by atoms with Crippen molar-refractivity contribution in [3.8, 4) is 5.75 Å². The maximum atomic E-state index is 12.9. The number of methoxy groups -OCH3 is 1. The predicted octanol–water partition coefficient (Wildman–Crippen LogP) is 1.64. The van der Waals surface area contributed by atoms with Gasteiger partial charge in [0.15, 0.2) is 11.6 Å². The lowest BCUT2D eigenvalue weighted by molar-refractivity contribution is 0.322. The number of hydrogen-bond donors (Lipinski definition) is 1. The molecule has 0 unspecified atom stereocenters. The van der Waals surface area contributed by atoms with Crippen LogP contribution in [-0.2, 0) is 0 Å². The van der Waals surface area contributed by atoms with E-state index in [0.717, 1.165) is 6.21 Å². The lowest BCUT2D eigenvalue weighted by Gasteiger charge is -2.00. The van der Waals surface area contributed by atoms with Gasteiger partial charge in [-0.1, -0.05) is 5.16 Å². The van der Waals surface area contributed by atoms with Crippen LogP contribution in [0.25, 0.3) is 0 Å². The fourth-order valence-electron chi connectivity index (χ4n) is 0.830. The zero-order valence-electron chi connectivity index (χ0n) is 6.49. The van der Waals surface area contributed by atoms with Crippen LogP contribution in [0.2, 0.25) is 0 Å². The molecular formula is C8H8FNO2. The summed E-state index contributed by atoms with van der Waals surface area (Å²) in [4.78, 5) is 0. The Morgan fingerprint density at radius 2 is 2.33 bits per heavy atom. The average Bonchev–Trinajstić information content (AvgIpc) is 2.05. The molecule has 1 N–H and O–H groups in total. The molecule has 0 fully saturated rings. The molecular weight excluding hydrogens is 161 g/mol. The van der Waals surface area contributed by atoms with Gasteiger partial charge in [0.1, 0.15) is 0 Å². The Kier molecular flexibility index (Phi) is 2.63. The van der Waals surface area contributed by atoms with Crippen LogP contribution >= 0.6 is 0 Å². The van der Waals surface area contributed by atoms with Gasteiger partial charge in [0.25, 0.3) is 0 Å². The van der Waals surface area contributed by atoms with Crippen molar-refractivity contribution in [1.82, 2.24) is 0 Å². The van der Waals surface area contributed by atoms with Gasteiger partial charge in [-0.25, -0.2) is 4.39 Å². The van der Waals surface area contributed by atoms with Gasteiger partial charge < -0.3 is 9.94 Å². The first-order chi connectivity index (χ1) is 5.77. The highest BCUT2D eigenvalue weighted by Crippen LogP contribution is 2.16. The molecule has 0 saturated heterocycles. The van der Waals surface area contributed by atoms with Crippen molar-refractivity contribution in [2.24, 2.45) is 5.16 Å². The Balaban J connectivity index is 3.01. The Labute approximate surface area is 69.1 Å². The molecule has 0 amide bonds. The van der Waals surface area contributed by atoms with E-state index < -0.39 is 5.82 Å². The van der Waals surface area contributed by atoms with Crippen molar-refractivity contribution in [2.45, 2.75) is 0 Å². The zero-order valence-corrected chi connectivity index (χ0v) is 6.49. The summed E-state index contributed by atoms with van der Waals surface area (Å²) >= 11 is 0. The first-order valence-electron chi connectivity index (χ1n) is 3.29. The van der Waals surface area contributed by atoms with E-state index >= 15 is 0 Å². The third kappa shape index (κ3) is 1.72. The van der Waals surface area contributed by atoms with Gasteiger partial charge in [0.2, 0.25) is 0 Å². The van der Waals surface area contributed by atoms with Crippen molar-refractivity contribution in [2.75, 3.05) is 7.11 Å². The first kappa shape index (κ1) is 8.52. The van der Waals surface area contributed by atoms with Crippen LogP contribution in [0, 0.1) is 5.82 Å². The lowest BCUT2D eigenvalue weighted by atomic mass is 10.2. The minimum atomic E-state index is -0.477. The molecule has 64 valence electrons. The van der Waals surface area contributed by atoms with Crippen LogP contribution in [0.3, 0.4) is 0 Å². The average molecular weight is 169 g/mol. The highest BCUT2D eigenvalue weighted by molar-refractivity contribution is 5.79. The fourth-order valence-corrected chi connectivity index (χ4v) is 0.830. The van der Waals surface area contributed by atoms with Gasteiger partial charge in [0, 0.05) is 0 Å². The van der Waals surface area contributed by atoms with Gasteiger partial charge >= 0.3 is 0 Å². The van der Waals surface area contributed by atoms with Gasteiger partial charge in [-0.15, -0.1) is 0 Å². The molecule has 1 rings (SSSR count). The van der Waals surface area contributed by atoms with Crippen molar-refractivity contribution in [3.05, 3.63) is 29.6 Å². The van der Waals surface area contributed by atoms with E-state index in [9.17, 15) is 4.39 Å². The Bertz CT molecular complexity index is 299. The van der Waals surface area contributed by atoms with Crippen molar-refractivity contribution in [1.29, 1.82) is 0 Å². The van der Waals surface area contributed by atoms with Crippen molar-refractivity contribution < 1.29 is 14.3 Å². The van der Waals surface area contributed by atoms with Crippen LogP contribution in [0.15, 0.2) is 23.4 Å². The fraction of sp³-hybridized carbons (Fsp3) is 0.125. The van der Waals surface area contributed by atoms with Crippen LogP contribution < -0.4 is 4.74 Å². The molecule has 1 aromatic carbocycles. The molecule has 0 radical (unpaired) electrons. The summed E-state index contributed by atoms with van der Waals surface area (Å²) in [6.07, 6.45) is 1.14. The molecule has 12 heavy (non-hydrogen) atoms. The topological polar surface area (TPSA) is 41.8 Å². The van der Waals surface area contributed by atoms with Gasteiger partial charge in [-0.05, 0) is 23.8 Å². The number of ether oxygens (including phenoxy) is 1.